The van der Waals surface area contributed by atoms with Gasteiger partial charge in [0.25, 0.3) is 0 Å². The number of amides is 3. The monoisotopic (exact) mass is 385 g/mol. The van der Waals surface area contributed by atoms with Crippen molar-refractivity contribution in [2.45, 2.75) is 32.2 Å². The lowest BCUT2D eigenvalue weighted by atomic mass is 9.81. The number of urea groups is 1. The largest absolute Gasteiger partial charge is 0.481 e. The van der Waals surface area contributed by atoms with Crippen molar-refractivity contribution in [1.82, 2.24) is 15.1 Å². The molecule has 2 heterocycles. The lowest BCUT2D eigenvalue weighted by molar-refractivity contribution is -0.149. The molecule has 0 aromatic heterocycles. The van der Waals surface area contributed by atoms with Gasteiger partial charge < -0.3 is 20.2 Å². The van der Waals surface area contributed by atoms with Crippen molar-refractivity contribution in [2.75, 3.05) is 26.2 Å². The molecule has 2 saturated heterocycles. The Balaban J connectivity index is 1.28. The summed E-state index contributed by atoms with van der Waals surface area (Å²) in [5, 5.41) is 12.6. The van der Waals surface area contributed by atoms with Crippen LogP contribution in [0.4, 0.5) is 4.79 Å². The van der Waals surface area contributed by atoms with Gasteiger partial charge in [0.1, 0.15) is 0 Å². The number of nitrogens with one attached hydrogen (secondary N) is 1. The molecule has 0 bridgehead atoms. The fraction of sp³-hybridized carbons (Fsp3) is 0.571. The van der Waals surface area contributed by atoms with E-state index >= 15 is 0 Å². The minimum absolute atomic E-state index is 0.0603. The molecule has 3 fully saturated rings. The number of fused-ring (bicyclic) bond motifs is 1. The van der Waals surface area contributed by atoms with Crippen LogP contribution in [-0.2, 0) is 16.1 Å². The molecule has 0 radical (unpaired) electrons. The zero-order valence-electron chi connectivity index (χ0n) is 16.0. The minimum atomic E-state index is -0.775. The van der Waals surface area contributed by atoms with Gasteiger partial charge in [-0.25, -0.2) is 4.79 Å². The number of carboxylic acids is 1. The number of aliphatic carboxylic acids is 1. The van der Waals surface area contributed by atoms with Crippen LogP contribution in [0.1, 0.15) is 31.2 Å². The summed E-state index contributed by atoms with van der Waals surface area (Å²) in [5.41, 5.74) is 0.343. The van der Waals surface area contributed by atoms with E-state index in [0.29, 0.717) is 45.6 Å². The molecule has 2 aliphatic heterocycles. The second-order valence-corrected chi connectivity index (χ2v) is 8.45. The summed E-state index contributed by atoms with van der Waals surface area (Å²) in [5.74, 6) is -0.507. The summed E-state index contributed by atoms with van der Waals surface area (Å²) in [6, 6.07) is 9.68. The first-order valence-corrected chi connectivity index (χ1v) is 10.1. The molecule has 1 unspecified atom stereocenters. The summed E-state index contributed by atoms with van der Waals surface area (Å²) in [7, 11) is 0. The maximum Gasteiger partial charge on any atom is 0.317 e. The predicted molar refractivity (Wildman–Crippen MR) is 102 cm³/mol. The number of benzene rings is 1. The first-order valence-electron chi connectivity index (χ1n) is 10.1. The summed E-state index contributed by atoms with van der Waals surface area (Å²) in [6.45, 7) is 2.48. The highest BCUT2D eigenvalue weighted by atomic mass is 16.4. The van der Waals surface area contributed by atoms with Crippen LogP contribution < -0.4 is 5.32 Å². The molecule has 7 heteroatoms. The van der Waals surface area contributed by atoms with Crippen molar-refractivity contribution in [1.29, 1.82) is 0 Å². The van der Waals surface area contributed by atoms with Gasteiger partial charge in [-0.1, -0.05) is 36.8 Å². The number of rotatable bonds is 5. The molecule has 3 amide bonds. The molecule has 3 atom stereocenters. The molecular weight excluding hydrogens is 358 g/mol. The summed E-state index contributed by atoms with van der Waals surface area (Å²) >= 11 is 0. The molecule has 2 N–H and O–H groups in total. The van der Waals surface area contributed by atoms with E-state index in [2.05, 4.69) is 5.32 Å². The number of hydrogen-bond donors (Lipinski definition) is 2. The van der Waals surface area contributed by atoms with E-state index in [1.807, 2.05) is 35.2 Å². The molecule has 7 nitrogen and oxygen atoms in total. The molecule has 1 aromatic carbocycles. The topological polar surface area (TPSA) is 90.0 Å². The zero-order valence-corrected chi connectivity index (χ0v) is 16.0. The Bertz CT molecular complexity index is 768. The average molecular weight is 385 g/mol. The number of carboxylic acid groups (broad SMARTS) is 1. The smallest absolute Gasteiger partial charge is 0.317 e. The van der Waals surface area contributed by atoms with Crippen LogP contribution >= 0.6 is 0 Å². The summed E-state index contributed by atoms with van der Waals surface area (Å²) < 4.78 is 0. The van der Waals surface area contributed by atoms with Crippen LogP contribution in [0.15, 0.2) is 30.3 Å². The maximum absolute atomic E-state index is 12.6. The number of carbonyl (C=O) groups excluding carboxylic acids is 2. The Kier molecular flexibility index (Phi) is 5.00. The lowest BCUT2D eigenvalue weighted by Gasteiger charge is -2.23. The van der Waals surface area contributed by atoms with Crippen LogP contribution in [0, 0.1) is 17.3 Å². The Morgan fingerprint density at radius 3 is 2.71 bits per heavy atom. The molecule has 0 spiro atoms. The fourth-order valence-corrected chi connectivity index (χ4v) is 5.08. The first-order chi connectivity index (χ1) is 13.5. The maximum atomic E-state index is 12.6. The van der Waals surface area contributed by atoms with E-state index in [1.54, 1.807) is 4.90 Å². The van der Waals surface area contributed by atoms with Gasteiger partial charge in [-0.3, -0.25) is 9.59 Å². The fourth-order valence-electron chi connectivity index (χ4n) is 5.08. The van der Waals surface area contributed by atoms with Gasteiger partial charge in [-0.2, -0.15) is 0 Å². The highest BCUT2D eigenvalue weighted by molar-refractivity contribution is 5.81. The molecule has 1 saturated carbocycles. The van der Waals surface area contributed by atoms with Crippen molar-refractivity contribution in [3.05, 3.63) is 35.9 Å². The van der Waals surface area contributed by atoms with Crippen LogP contribution in [-0.4, -0.2) is 59.0 Å². The van der Waals surface area contributed by atoms with Gasteiger partial charge in [0.05, 0.1) is 5.41 Å². The second kappa shape index (κ2) is 7.45. The van der Waals surface area contributed by atoms with E-state index in [9.17, 15) is 19.5 Å². The quantitative estimate of drug-likeness (QED) is 0.810. The molecule has 150 valence electrons. The third kappa shape index (κ3) is 3.45. The summed E-state index contributed by atoms with van der Waals surface area (Å²) in [4.78, 5) is 40.1. The molecule has 4 rings (SSSR count). The normalized spacial score (nSPS) is 29.2. The zero-order chi connectivity index (χ0) is 19.7. The Morgan fingerprint density at radius 1 is 1.21 bits per heavy atom. The SMILES string of the molecule is O=C1CC(CNC(=O)N2C[C@@H]3CCC[C@@]3(C(=O)O)C2)CN1Cc1ccccc1. The van der Waals surface area contributed by atoms with E-state index in [1.165, 1.54) is 0 Å². The van der Waals surface area contributed by atoms with Crippen LogP contribution in [0.2, 0.25) is 0 Å². The van der Waals surface area contributed by atoms with Crippen molar-refractivity contribution in [2.24, 2.45) is 17.3 Å². The standard InChI is InChI=1S/C21H27N3O4/c25-18-9-16(12-23(18)11-15-5-2-1-3-6-15)10-22-20(28)24-13-17-7-4-8-21(17,14-24)19(26)27/h1-3,5-6,16-17H,4,7-14H2,(H,22,28)(H,26,27)/t16?,17-,21+/m0/s1. The summed E-state index contributed by atoms with van der Waals surface area (Å²) in [6.07, 6.45) is 2.90. The number of likely N-dealkylation sites (tertiary alicyclic amines) is 2. The van der Waals surface area contributed by atoms with Gasteiger partial charge in [0.2, 0.25) is 5.91 Å². The van der Waals surface area contributed by atoms with E-state index < -0.39 is 11.4 Å². The van der Waals surface area contributed by atoms with Gasteiger partial charge in [-0.15, -0.1) is 0 Å². The predicted octanol–water partition coefficient (Wildman–Crippen LogP) is 1.93. The van der Waals surface area contributed by atoms with Gasteiger partial charge in [-0.05, 0) is 24.3 Å². The second-order valence-electron chi connectivity index (χ2n) is 8.45. The van der Waals surface area contributed by atoms with E-state index in [-0.39, 0.29) is 23.8 Å². The molecule has 1 aromatic rings. The number of hydrogen-bond acceptors (Lipinski definition) is 3. The number of nitrogens with zero attached hydrogens (tertiary/aromatic N) is 2. The number of carbonyl (C=O) groups is 3. The van der Waals surface area contributed by atoms with Crippen molar-refractivity contribution >= 4 is 17.9 Å². The van der Waals surface area contributed by atoms with Crippen molar-refractivity contribution < 1.29 is 19.5 Å². The van der Waals surface area contributed by atoms with E-state index in [0.717, 1.165) is 18.4 Å². The Hall–Kier alpha value is -2.57. The van der Waals surface area contributed by atoms with Crippen LogP contribution in [0.5, 0.6) is 0 Å². The molecule has 28 heavy (non-hydrogen) atoms. The minimum Gasteiger partial charge on any atom is -0.481 e. The Labute approximate surface area is 164 Å². The van der Waals surface area contributed by atoms with Crippen LogP contribution in [0.3, 0.4) is 0 Å². The molecular formula is C21H27N3O4. The van der Waals surface area contributed by atoms with Gasteiger partial charge in [0.15, 0.2) is 0 Å². The van der Waals surface area contributed by atoms with Gasteiger partial charge >= 0.3 is 12.0 Å². The van der Waals surface area contributed by atoms with Crippen molar-refractivity contribution in [3.8, 4) is 0 Å². The van der Waals surface area contributed by atoms with E-state index in [4.69, 9.17) is 0 Å². The highest BCUT2D eigenvalue weighted by Crippen LogP contribution is 2.48. The first kappa shape index (κ1) is 18.8. The van der Waals surface area contributed by atoms with Crippen LogP contribution in [0.25, 0.3) is 0 Å². The highest BCUT2D eigenvalue weighted by Gasteiger charge is 2.55. The molecule has 3 aliphatic rings. The molecule has 1 aliphatic carbocycles. The Morgan fingerprint density at radius 2 is 2.00 bits per heavy atom. The third-order valence-electron chi connectivity index (χ3n) is 6.64. The average Bonchev–Trinajstić information content (AvgIpc) is 3.34. The third-order valence-corrected chi connectivity index (χ3v) is 6.64. The lowest BCUT2D eigenvalue weighted by Crippen LogP contribution is -2.43. The van der Waals surface area contributed by atoms with Gasteiger partial charge in [0, 0.05) is 45.1 Å². The van der Waals surface area contributed by atoms with Crippen molar-refractivity contribution in [3.63, 3.8) is 0 Å².